The van der Waals surface area contributed by atoms with E-state index in [0.29, 0.717) is 6.04 Å². The minimum Gasteiger partial charge on any atom is -0.390 e. The molecule has 1 aromatic carbocycles. The van der Waals surface area contributed by atoms with Crippen molar-refractivity contribution in [2.75, 3.05) is 13.6 Å². The Labute approximate surface area is 110 Å². The minimum absolute atomic E-state index is 0.443. The van der Waals surface area contributed by atoms with Crippen LogP contribution in [0.3, 0.4) is 0 Å². The highest BCUT2D eigenvalue weighted by Crippen LogP contribution is 2.38. The van der Waals surface area contributed by atoms with Crippen LogP contribution >= 0.6 is 0 Å². The summed E-state index contributed by atoms with van der Waals surface area (Å²) in [4.78, 5) is 2.35. The fraction of sp³-hybridized carbons (Fsp3) is 0.625. The van der Waals surface area contributed by atoms with Crippen molar-refractivity contribution < 1.29 is 5.11 Å². The van der Waals surface area contributed by atoms with Gasteiger partial charge in [-0.15, -0.1) is 0 Å². The van der Waals surface area contributed by atoms with E-state index >= 15 is 0 Å². The summed E-state index contributed by atoms with van der Waals surface area (Å²) in [5, 5.41) is 10.7. The molecule has 1 heterocycles. The summed E-state index contributed by atoms with van der Waals surface area (Å²) in [6.45, 7) is 1.16. The van der Waals surface area contributed by atoms with E-state index < -0.39 is 5.60 Å². The predicted octanol–water partition coefficient (Wildman–Crippen LogP) is 2.91. The first-order valence-corrected chi connectivity index (χ1v) is 7.18. The van der Waals surface area contributed by atoms with Gasteiger partial charge in [0.2, 0.25) is 0 Å². The van der Waals surface area contributed by atoms with Gasteiger partial charge in [-0.25, -0.2) is 0 Å². The van der Waals surface area contributed by atoms with Crippen LogP contribution in [-0.2, 0) is 6.42 Å². The zero-order valence-electron chi connectivity index (χ0n) is 11.2. The average Bonchev–Trinajstić information content (AvgIpc) is 3.07. The van der Waals surface area contributed by atoms with E-state index in [1.807, 2.05) is 0 Å². The Morgan fingerprint density at radius 2 is 1.89 bits per heavy atom. The van der Waals surface area contributed by atoms with Crippen molar-refractivity contribution in [1.29, 1.82) is 0 Å². The fourth-order valence-electron chi connectivity index (χ4n) is 3.32. The van der Waals surface area contributed by atoms with Crippen molar-refractivity contribution in [2.45, 2.75) is 50.2 Å². The number of hydrogen-bond acceptors (Lipinski definition) is 2. The fourth-order valence-corrected chi connectivity index (χ4v) is 3.32. The predicted molar refractivity (Wildman–Crippen MR) is 73.6 cm³/mol. The number of hydrogen-bond donors (Lipinski definition) is 1. The van der Waals surface area contributed by atoms with Gasteiger partial charge in [-0.05, 0) is 31.0 Å². The highest BCUT2D eigenvalue weighted by atomic mass is 16.3. The van der Waals surface area contributed by atoms with Crippen molar-refractivity contribution in [2.24, 2.45) is 0 Å². The maximum absolute atomic E-state index is 10.7. The lowest BCUT2D eigenvalue weighted by atomic mass is 9.79. The Morgan fingerprint density at radius 1 is 1.22 bits per heavy atom. The molecule has 2 nitrogen and oxygen atoms in total. The van der Waals surface area contributed by atoms with Crippen LogP contribution in [0.25, 0.3) is 0 Å². The first-order chi connectivity index (χ1) is 8.68. The zero-order valence-corrected chi connectivity index (χ0v) is 11.2. The summed E-state index contributed by atoms with van der Waals surface area (Å²) < 4.78 is 0. The zero-order chi connectivity index (χ0) is 12.6. The highest BCUT2D eigenvalue weighted by molar-refractivity contribution is 5.34. The summed E-state index contributed by atoms with van der Waals surface area (Å²) in [5.41, 5.74) is 2.34. The van der Waals surface area contributed by atoms with E-state index in [2.05, 4.69) is 36.2 Å². The Balaban J connectivity index is 1.79. The van der Waals surface area contributed by atoms with Gasteiger partial charge in [0.15, 0.2) is 0 Å². The van der Waals surface area contributed by atoms with Crippen LogP contribution in [0.2, 0.25) is 0 Å². The molecule has 1 N–H and O–H groups in total. The molecule has 2 unspecified atom stereocenters. The van der Waals surface area contributed by atoms with Crippen molar-refractivity contribution >= 4 is 0 Å². The third-order valence-corrected chi connectivity index (χ3v) is 4.58. The topological polar surface area (TPSA) is 23.2 Å². The quantitative estimate of drug-likeness (QED) is 0.828. The number of likely N-dealkylation sites (N-methyl/N-ethyl adjacent to an activating group) is 1. The first-order valence-electron chi connectivity index (χ1n) is 7.18. The van der Waals surface area contributed by atoms with Gasteiger partial charge in [0.25, 0.3) is 0 Å². The molecule has 0 amide bonds. The van der Waals surface area contributed by atoms with Crippen molar-refractivity contribution in [3.8, 4) is 0 Å². The van der Waals surface area contributed by atoms with Crippen LogP contribution in [0.1, 0.15) is 49.3 Å². The molecule has 0 radical (unpaired) electrons. The normalized spacial score (nSPS) is 30.1. The monoisotopic (exact) mass is 245 g/mol. The second-order valence-corrected chi connectivity index (χ2v) is 6.12. The molecule has 2 aliphatic rings. The van der Waals surface area contributed by atoms with E-state index in [1.54, 1.807) is 0 Å². The van der Waals surface area contributed by atoms with Gasteiger partial charge in [0, 0.05) is 19.0 Å². The van der Waals surface area contributed by atoms with Crippen molar-refractivity contribution in [1.82, 2.24) is 4.90 Å². The highest BCUT2D eigenvalue weighted by Gasteiger charge is 2.35. The molecule has 3 rings (SSSR count). The van der Waals surface area contributed by atoms with E-state index in [4.69, 9.17) is 0 Å². The second kappa shape index (κ2) is 4.67. The molecule has 0 bridgehead atoms. The molecule has 1 aliphatic carbocycles. The van der Waals surface area contributed by atoms with Gasteiger partial charge in [0.05, 0.1) is 5.60 Å². The lowest BCUT2D eigenvalue weighted by molar-refractivity contribution is 0.00429. The summed E-state index contributed by atoms with van der Waals surface area (Å²) >= 11 is 0. The molecule has 2 atom stereocenters. The standard InChI is InChI=1S/C16H23NO/c1-17-12-15(17)14-8-4-3-7-13(14)11-16(18)9-5-2-6-10-16/h3-4,7-8,15,18H,2,5-6,9-12H2,1H3. The van der Waals surface area contributed by atoms with Crippen molar-refractivity contribution in [3.63, 3.8) is 0 Å². The number of aliphatic hydroxyl groups is 1. The third-order valence-electron chi connectivity index (χ3n) is 4.58. The van der Waals surface area contributed by atoms with Gasteiger partial charge in [-0.1, -0.05) is 43.5 Å². The van der Waals surface area contributed by atoms with Crippen LogP contribution in [0.4, 0.5) is 0 Å². The first kappa shape index (κ1) is 12.2. The molecule has 98 valence electrons. The number of nitrogens with zero attached hydrogens (tertiary/aromatic N) is 1. The SMILES string of the molecule is CN1CC1c1ccccc1CC1(O)CCCCC1. The largest absolute Gasteiger partial charge is 0.390 e. The van der Waals surface area contributed by atoms with E-state index in [1.165, 1.54) is 30.4 Å². The summed E-state index contributed by atoms with van der Waals surface area (Å²) in [6.07, 6.45) is 6.44. The molecule has 18 heavy (non-hydrogen) atoms. The second-order valence-electron chi connectivity index (χ2n) is 6.12. The minimum atomic E-state index is -0.443. The van der Waals surface area contributed by atoms with Crippen LogP contribution in [0, 0.1) is 0 Å². The van der Waals surface area contributed by atoms with Crippen LogP contribution in [-0.4, -0.2) is 29.2 Å². The van der Waals surface area contributed by atoms with Crippen LogP contribution in [0.5, 0.6) is 0 Å². The molecular weight excluding hydrogens is 222 g/mol. The Kier molecular flexibility index (Phi) is 3.16. The lowest BCUT2D eigenvalue weighted by Crippen LogP contribution is -2.34. The Bertz CT molecular complexity index is 423. The maximum atomic E-state index is 10.7. The average molecular weight is 245 g/mol. The lowest BCUT2D eigenvalue weighted by Gasteiger charge is -2.32. The van der Waals surface area contributed by atoms with Gasteiger partial charge < -0.3 is 5.11 Å². The molecule has 0 aromatic heterocycles. The molecule has 0 spiro atoms. The van der Waals surface area contributed by atoms with Gasteiger partial charge >= 0.3 is 0 Å². The van der Waals surface area contributed by atoms with Gasteiger partial charge in [-0.2, -0.15) is 0 Å². The van der Waals surface area contributed by atoms with Gasteiger partial charge in [-0.3, -0.25) is 4.90 Å². The van der Waals surface area contributed by atoms with Crippen LogP contribution in [0.15, 0.2) is 24.3 Å². The van der Waals surface area contributed by atoms with E-state index in [-0.39, 0.29) is 0 Å². The molecule has 2 fully saturated rings. The van der Waals surface area contributed by atoms with Gasteiger partial charge in [0.1, 0.15) is 0 Å². The maximum Gasteiger partial charge on any atom is 0.0688 e. The summed E-state index contributed by atoms with van der Waals surface area (Å²) in [6, 6.07) is 9.25. The Hall–Kier alpha value is -0.860. The Morgan fingerprint density at radius 3 is 2.56 bits per heavy atom. The number of benzene rings is 1. The van der Waals surface area contributed by atoms with E-state index in [9.17, 15) is 5.11 Å². The smallest absolute Gasteiger partial charge is 0.0688 e. The summed E-state index contributed by atoms with van der Waals surface area (Å²) in [7, 11) is 2.16. The number of rotatable bonds is 3. The molecule has 1 saturated carbocycles. The molecule has 1 aliphatic heterocycles. The van der Waals surface area contributed by atoms with Crippen LogP contribution < -0.4 is 0 Å². The van der Waals surface area contributed by atoms with E-state index in [0.717, 1.165) is 25.8 Å². The molecule has 2 heteroatoms. The summed E-state index contributed by atoms with van der Waals surface area (Å²) in [5.74, 6) is 0. The van der Waals surface area contributed by atoms with Crippen molar-refractivity contribution in [3.05, 3.63) is 35.4 Å². The molecule has 1 saturated heterocycles. The molecular formula is C16H23NO. The molecule has 1 aromatic rings. The third kappa shape index (κ3) is 2.45.